The highest BCUT2D eigenvalue weighted by atomic mass is 19.1. The standard InChI is InChI=1S/C14H17FO/c1-4-6-11(3)9-12-10-13(15)7-8-14(12)16-5-2/h7-8,10-11H,5,9H2,1-3H3. The molecule has 0 N–H and O–H groups in total. The first-order chi connectivity index (χ1) is 7.67. The Morgan fingerprint density at radius 1 is 1.44 bits per heavy atom. The predicted octanol–water partition coefficient (Wildman–Crippen LogP) is 3.43. The second-order valence-electron chi connectivity index (χ2n) is 3.68. The van der Waals surface area contributed by atoms with Gasteiger partial charge in [-0.25, -0.2) is 4.39 Å². The zero-order valence-corrected chi connectivity index (χ0v) is 10.0. The molecule has 0 fully saturated rings. The van der Waals surface area contributed by atoms with Crippen LogP contribution >= 0.6 is 0 Å². The van der Waals surface area contributed by atoms with E-state index in [1.165, 1.54) is 12.1 Å². The fraction of sp³-hybridized carbons (Fsp3) is 0.429. The van der Waals surface area contributed by atoms with E-state index < -0.39 is 0 Å². The Morgan fingerprint density at radius 3 is 2.81 bits per heavy atom. The smallest absolute Gasteiger partial charge is 0.123 e. The molecular formula is C14H17FO. The molecule has 0 saturated carbocycles. The van der Waals surface area contributed by atoms with Crippen molar-refractivity contribution in [3.05, 3.63) is 29.6 Å². The van der Waals surface area contributed by atoms with Crippen molar-refractivity contribution in [1.29, 1.82) is 0 Å². The molecule has 2 heteroatoms. The van der Waals surface area contributed by atoms with Crippen LogP contribution in [0.2, 0.25) is 0 Å². The predicted molar refractivity (Wildman–Crippen MR) is 63.9 cm³/mol. The van der Waals surface area contributed by atoms with E-state index >= 15 is 0 Å². The van der Waals surface area contributed by atoms with E-state index in [4.69, 9.17) is 4.74 Å². The van der Waals surface area contributed by atoms with Crippen molar-refractivity contribution in [2.75, 3.05) is 6.61 Å². The largest absolute Gasteiger partial charge is 0.494 e. The van der Waals surface area contributed by atoms with Gasteiger partial charge in [0, 0.05) is 5.92 Å². The molecule has 1 nitrogen and oxygen atoms in total. The monoisotopic (exact) mass is 220 g/mol. The van der Waals surface area contributed by atoms with Crippen LogP contribution in [0.15, 0.2) is 18.2 Å². The molecule has 0 heterocycles. The summed E-state index contributed by atoms with van der Waals surface area (Å²) in [5.74, 6) is 6.67. The summed E-state index contributed by atoms with van der Waals surface area (Å²) in [5, 5.41) is 0. The maximum atomic E-state index is 13.1. The third kappa shape index (κ3) is 3.58. The summed E-state index contributed by atoms with van der Waals surface area (Å²) in [6, 6.07) is 4.63. The van der Waals surface area contributed by atoms with Gasteiger partial charge in [0.25, 0.3) is 0 Å². The molecule has 0 aliphatic carbocycles. The molecule has 0 aliphatic rings. The zero-order valence-electron chi connectivity index (χ0n) is 10.0. The molecule has 1 aromatic carbocycles. The lowest BCUT2D eigenvalue weighted by Gasteiger charge is -2.11. The molecule has 0 amide bonds. The van der Waals surface area contributed by atoms with Gasteiger partial charge in [0.15, 0.2) is 0 Å². The Labute approximate surface area is 96.6 Å². The molecule has 0 spiro atoms. The fourth-order valence-corrected chi connectivity index (χ4v) is 1.63. The first-order valence-corrected chi connectivity index (χ1v) is 5.50. The minimum Gasteiger partial charge on any atom is -0.494 e. The summed E-state index contributed by atoms with van der Waals surface area (Å²) in [7, 11) is 0. The highest BCUT2D eigenvalue weighted by Gasteiger charge is 2.08. The van der Waals surface area contributed by atoms with E-state index in [0.717, 1.165) is 11.3 Å². The summed E-state index contributed by atoms with van der Waals surface area (Å²) >= 11 is 0. The quantitative estimate of drug-likeness (QED) is 0.706. The summed E-state index contributed by atoms with van der Waals surface area (Å²) in [6.07, 6.45) is 0.716. The second-order valence-corrected chi connectivity index (χ2v) is 3.68. The van der Waals surface area contributed by atoms with Crippen LogP contribution in [0.3, 0.4) is 0 Å². The SMILES string of the molecule is CC#CC(C)Cc1cc(F)ccc1OCC. The molecule has 1 rings (SSSR count). The van der Waals surface area contributed by atoms with Crippen molar-refractivity contribution < 1.29 is 9.13 Å². The van der Waals surface area contributed by atoms with Crippen LogP contribution in [0.4, 0.5) is 4.39 Å². The van der Waals surface area contributed by atoms with Gasteiger partial charge < -0.3 is 4.74 Å². The van der Waals surface area contributed by atoms with Crippen molar-refractivity contribution in [1.82, 2.24) is 0 Å². The van der Waals surface area contributed by atoms with Crippen LogP contribution in [0.25, 0.3) is 0 Å². The van der Waals surface area contributed by atoms with Crippen molar-refractivity contribution in [3.8, 4) is 17.6 Å². The molecule has 86 valence electrons. The van der Waals surface area contributed by atoms with Crippen LogP contribution in [0.1, 0.15) is 26.3 Å². The van der Waals surface area contributed by atoms with Gasteiger partial charge in [-0.1, -0.05) is 6.92 Å². The molecule has 0 bridgehead atoms. The van der Waals surface area contributed by atoms with Crippen molar-refractivity contribution >= 4 is 0 Å². The third-order valence-corrected chi connectivity index (χ3v) is 2.24. The Kier molecular flexibility index (Phi) is 4.85. The molecule has 1 atom stereocenters. The summed E-state index contributed by atoms with van der Waals surface area (Å²) < 4.78 is 18.6. The second kappa shape index (κ2) is 6.17. The number of benzene rings is 1. The Morgan fingerprint density at radius 2 is 2.19 bits per heavy atom. The molecule has 1 unspecified atom stereocenters. The molecule has 1 aromatic rings. The molecular weight excluding hydrogens is 203 g/mol. The van der Waals surface area contributed by atoms with E-state index in [9.17, 15) is 4.39 Å². The lowest BCUT2D eigenvalue weighted by Crippen LogP contribution is -2.02. The molecule has 0 radical (unpaired) electrons. The number of hydrogen-bond donors (Lipinski definition) is 0. The van der Waals surface area contributed by atoms with Crippen molar-refractivity contribution in [2.24, 2.45) is 5.92 Å². The van der Waals surface area contributed by atoms with Crippen LogP contribution in [0.5, 0.6) is 5.75 Å². The van der Waals surface area contributed by atoms with E-state index in [0.29, 0.717) is 13.0 Å². The van der Waals surface area contributed by atoms with Crippen molar-refractivity contribution in [2.45, 2.75) is 27.2 Å². The number of halogens is 1. The number of ether oxygens (including phenoxy) is 1. The van der Waals surface area contributed by atoms with Crippen molar-refractivity contribution in [3.63, 3.8) is 0 Å². The number of rotatable bonds is 4. The maximum absolute atomic E-state index is 13.1. The highest BCUT2D eigenvalue weighted by Crippen LogP contribution is 2.22. The first-order valence-electron chi connectivity index (χ1n) is 5.50. The first kappa shape index (κ1) is 12.6. The van der Waals surface area contributed by atoms with E-state index in [-0.39, 0.29) is 11.7 Å². The van der Waals surface area contributed by atoms with Gasteiger partial charge in [-0.2, -0.15) is 0 Å². The average Bonchev–Trinajstić information content (AvgIpc) is 2.22. The van der Waals surface area contributed by atoms with Crippen LogP contribution in [0, 0.1) is 23.6 Å². The lowest BCUT2D eigenvalue weighted by atomic mass is 10.0. The van der Waals surface area contributed by atoms with Crippen LogP contribution < -0.4 is 4.74 Å². The average molecular weight is 220 g/mol. The lowest BCUT2D eigenvalue weighted by molar-refractivity contribution is 0.335. The fourth-order valence-electron chi connectivity index (χ4n) is 1.63. The molecule has 0 aliphatic heterocycles. The third-order valence-electron chi connectivity index (χ3n) is 2.24. The van der Waals surface area contributed by atoms with Gasteiger partial charge in [0.1, 0.15) is 11.6 Å². The van der Waals surface area contributed by atoms with Gasteiger partial charge in [-0.15, -0.1) is 11.8 Å². The highest BCUT2D eigenvalue weighted by molar-refractivity contribution is 5.35. The maximum Gasteiger partial charge on any atom is 0.123 e. The topological polar surface area (TPSA) is 9.23 Å². The van der Waals surface area contributed by atoms with E-state index in [1.54, 1.807) is 6.07 Å². The van der Waals surface area contributed by atoms with E-state index in [2.05, 4.69) is 11.8 Å². The molecule has 0 aromatic heterocycles. The minimum absolute atomic E-state index is 0.214. The van der Waals surface area contributed by atoms with Gasteiger partial charge in [-0.05, 0) is 44.0 Å². The normalized spacial score (nSPS) is 11.5. The van der Waals surface area contributed by atoms with Gasteiger partial charge in [-0.3, -0.25) is 0 Å². The Balaban J connectivity index is 2.89. The number of hydrogen-bond acceptors (Lipinski definition) is 1. The van der Waals surface area contributed by atoms with Gasteiger partial charge >= 0.3 is 0 Å². The van der Waals surface area contributed by atoms with Gasteiger partial charge in [0.2, 0.25) is 0 Å². The zero-order chi connectivity index (χ0) is 12.0. The van der Waals surface area contributed by atoms with Gasteiger partial charge in [0.05, 0.1) is 6.61 Å². The Hall–Kier alpha value is -1.49. The van der Waals surface area contributed by atoms with Crippen LogP contribution in [-0.2, 0) is 6.42 Å². The summed E-state index contributed by atoms with van der Waals surface area (Å²) in [5.41, 5.74) is 0.886. The summed E-state index contributed by atoms with van der Waals surface area (Å²) in [4.78, 5) is 0. The molecule has 16 heavy (non-hydrogen) atoms. The van der Waals surface area contributed by atoms with Crippen LogP contribution in [-0.4, -0.2) is 6.61 Å². The Bertz CT molecular complexity index is 401. The molecule has 0 saturated heterocycles. The summed E-state index contributed by atoms with van der Waals surface area (Å²) in [6.45, 7) is 6.34. The van der Waals surface area contributed by atoms with E-state index in [1.807, 2.05) is 20.8 Å². The minimum atomic E-state index is -0.227.